The standard InChI is InChI=1S/C50H28N4O2/c1-3-11-30(12-4-1)47-52-48(54-49(53-47)33-21-23-38-36-17-8-7-15-34(36)35-16-9-10-18-37(35)40(38)28-33)32-20-19-29-22-25-42-44(39(29)27-32)45-43(55-42)26-24-41-46(45)56-50(51-41)31-13-5-2-6-14-31/h1-28H. The van der Waals surface area contributed by atoms with Crippen LogP contribution in [0.25, 0.3) is 122 Å². The molecule has 6 nitrogen and oxygen atoms in total. The van der Waals surface area contributed by atoms with E-state index in [0.29, 0.717) is 28.9 Å². The predicted octanol–water partition coefficient (Wildman–Crippen LogP) is 13.2. The molecule has 0 N–H and O–H groups in total. The summed E-state index contributed by atoms with van der Waals surface area (Å²) in [5.74, 6) is 2.37. The first-order chi connectivity index (χ1) is 27.7. The van der Waals surface area contributed by atoms with Gasteiger partial charge in [0.15, 0.2) is 23.1 Å². The molecule has 0 radical (unpaired) electrons. The van der Waals surface area contributed by atoms with E-state index in [0.717, 1.165) is 65.9 Å². The molecule has 6 heteroatoms. The number of hydrogen-bond donors (Lipinski definition) is 0. The molecule has 12 rings (SSSR count). The van der Waals surface area contributed by atoms with E-state index in [1.807, 2.05) is 78.9 Å². The molecule has 56 heavy (non-hydrogen) atoms. The Morgan fingerprint density at radius 2 is 0.821 bits per heavy atom. The van der Waals surface area contributed by atoms with Crippen molar-refractivity contribution in [2.45, 2.75) is 0 Å². The second-order valence-corrected chi connectivity index (χ2v) is 14.2. The highest BCUT2D eigenvalue weighted by atomic mass is 16.4. The van der Waals surface area contributed by atoms with E-state index in [2.05, 4.69) is 91.0 Å². The Bertz CT molecular complexity index is 3500. The van der Waals surface area contributed by atoms with E-state index in [9.17, 15) is 0 Å². The normalized spacial score (nSPS) is 11.9. The zero-order valence-corrected chi connectivity index (χ0v) is 29.8. The Labute approximate surface area is 319 Å². The molecular weight excluding hydrogens is 689 g/mol. The molecular formula is C50H28N4O2. The summed E-state index contributed by atoms with van der Waals surface area (Å²) >= 11 is 0. The molecule has 0 aliphatic rings. The van der Waals surface area contributed by atoms with Crippen LogP contribution < -0.4 is 0 Å². The van der Waals surface area contributed by atoms with Crippen LogP contribution in [0.2, 0.25) is 0 Å². The van der Waals surface area contributed by atoms with Gasteiger partial charge in [0.25, 0.3) is 0 Å². The lowest BCUT2D eigenvalue weighted by atomic mass is 9.93. The SMILES string of the molecule is c1ccc(-c2nc(-c3ccc4c5ccccc5c5ccccc5c4c3)nc(-c3ccc4ccc5oc6ccc7nc(-c8ccccc8)oc7c6c5c4c3)n2)cc1. The summed E-state index contributed by atoms with van der Waals surface area (Å²) < 4.78 is 13.0. The van der Waals surface area contributed by atoms with Crippen molar-refractivity contribution in [1.29, 1.82) is 0 Å². The van der Waals surface area contributed by atoms with Gasteiger partial charge < -0.3 is 8.83 Å². The van der Waals surface area contributed by atoms with Crippen molar-refractivity contribution in [3.05, 3.63) is 170 Å². The minimum atomic E-state index is 0.574. The smallest absolute Gasteiger partial charge is 0.227 e. The lowest BCUT2D eigenvalue weighted by molar-refractivity contribution is 0.622. The lowest BCUT2D eigenvalue weighted by Crippen LogP contribution is -2.00. The molecule has 9 aromatic carbocycles. The molecule has 3 heterocycles. The van der Waals surface area contributed by atoms with Gasteiger partial charge in [-0.15, -0.1) is 0 Å². The van der Waals surface area contributed by atoms with Crippen molar-refractivity contribution >= 4 is 76.1 Å². The first-order valence-electron chi connectivity index (χ1n) is 18.6. The van der Waals surface area contributed by atoms with Gasteiger partial charge in [-0.2, -0.15) is 0 Å². The van der Waals surface area contributed by atoms with E-state index in [4.69, 9.17) is 28.8 Å². The van der Waals surface area contributed by atoms with E-state index in [1.54, 1.807) is 0 Å². The van der Waals surface area contributed by atoms with Crippen LogP contribution in [0.1, 0.15) is 0 Å². The van der Waals surface area contributed by atoms with Gasteiger partial charge in [0.1, 0.15) is 16.7 Å². The second kappa shape index (κ2) is 11.9. The molecule has 0 atom stereocenters. The Morgan fingerprint density at radius 1 is 0.321 bits per heavy atom. The van der Waals surface area contributed by atoms with Gasteiger partial charge >= 0.3 is 0 Å². The number of furan rings is 1. The monoisotopic (exact) mass is 716 g/mol. The van der Waals surface area contributed by atoms with Crippen molar-refractivity contribution in [2.75, 3.05) is 0 Å². The van der Waals surface area contributed by atoms with Gasteiger partial charge in [-0.25, -0.2) is 19.9 Å². The Hall–Kier alpha value is -7.70. The highest BCUT2D eigenvalue weighted by Gasteiger charge is 2.20. The fraction of sp³-hybridized carbons (Fsp3) is 0. The highest BCUT2D eigenvalue weighted by molar-refractivity contribution is 6.26. The molecule has 0 amide bonds. The third-order valence-corrected chi connectivity index (χ3v) is 10.9. The fourth-order valence-electron chi connectivity index (χ4n) is 8.30. The zero-order valence-electron chi connectivity index (χ0n) is 29.8. The number of hydrogen-bond acceptors (Lipinski definition) is 6. The maximum atomic E-state index is 6.50. The molecule has 0 bridgehead atoms. The first kappa shape index (κ1) is 30.7. The molecule has 260 valence electrons. The Balaban J connectivity index is 1.08. The molecule has 0 saturated carbocycles. The summed E-state index contributed by atoms with van der Waals surface area (Å²) in [7, 11) is 0. The van der Waals surface area contributed by atoms with Gasteiger partial charge in [0, 0.05) is 27.6 Å². The van der Waals surface area contributed by atoms with Crippen LogP contribution in [-0.2, 0) is 0 Å². The average Bonchev–Trinajstić information content (AvgIpc) is 3.89. The Kier molecular flexibility index (Phi) is 6.53. The number of oxazole rings is 1. The molecule has 0 aliphatic carbocycles. The Morgan fingerprint density at radius 3 is 1.50 bits per heavy atom. The number of benzene rings is 9. The molecule has 0 unspecified atom stereocenters. The lowest BCUT2D eigenvalue weighted by Gasteiger charge is -2.13. The summed E-state index contributed by atoms with van der Waals surface area (Å²) in [6, 6.07) is 58.3. The van der Waals surface area contributed by atoms with Crippen LogP contribution in [-0.4, -0.2) is 19.9 Å². The van der Waals surface area contributed by atoms with E-state index in [-0.39, 0.29) is 0 Å². The molecule has 0 saturated heterocycles. The van der Waals surface area contributed by atoms with Crippen LogP contribution in [0, 0.1) is 0 Å². The first-order valence-corrected chi connectivity index (χ1v) is 18.6. The quantitative estimate of drug-likeness (QED) is 0.169. The number of fused-ring (bicyclic) bond motifs is 13. The van der Waals surface area contributed by atoms with Crippen LogP contribution in [0.15, 0.2) is 179 Å². The van der Waals surface area contributed by atoms with Crippen molar-refractivity contribution < 1.29 is 8.83 Å². The number of nitrogens with zero attached hydrogens (tertiary/aromatic N) is 4. The van der Waals surface area contributed by atoms with Gasteiger partial charge in [0.2, 0.25) is 5.89 Å². The predicted molar refractivity (Wildman–Crippen MR) is 226 cm³/mol. The molecule has 0 spiro atoms. The maximum absolute atomic E-state index is 6.50. The zero-order chi connectivity index (χ0) is 36.7. The summed E-state index contributed by atoms with van der Waals surface area (Å²) in [5.41, 5.74) is 6.61. The molecule has 3 aromatic heterocycles. The van der Waals surface area contributed by atoms with Crippen molar-refractivity contribution in [1.82, 2.24) is 19.9 Å². The van der Waals surface area contributed by atoms with E-state index in [1.165, 1.54) is 26.9 Å². The summed E-state index contributed by atoms with van der Waals surface area (Å²) in [4.78, 5) is 20.3. The summed E-state index contributed by atoms with van der Waals surface area (Å²) in [6.07, 6.45) is 0. The minimum absolute atomic E-state index is 0.574. The number of aromatic nitrogens is 4. The minimum Gasteiger partial charge on any atom is -0.456 e. The molecule has 12 aromatic rings. The van der Waals surface area contributed by atoms with Crippen LogP contribution in [0.5, 0.6) is 0 Å². The van der Waals surface area contributed by atoms with Crippen molar-refractivity contribution in [3.63, 3.8) is 0 Å². The molecule has 0 aliphatic heterocycles. The van der Waals surface area contributed by atoms with Crippen LogP contribution >= 0.6 is 0 Å². The average molecular weight is 717 g/mol. The maximum Gasteiger partial charge on any atom is 0.227 e. The van der Waals surface area contributed by atoms with Crippen LogP contribution in [0.3, 0.4) is 0 Å². The topological polar surface area (TPSA) is 77.8 Å². The number of rotatable bonds is 4. The summed E-state index contributed by atoms with van der Waals surface area (Å²) in [6.45, 7) is 0. The molecule has 0 fully saturated rings. The third-order valence-electron chi connectivity index (χ3n) is 10.9. The third kappa shape index (κ3) is 4.69. The van der Waals surface area contributed by atoms with Crippen LogP contribution in [0.4, 0.5) is 0 Å². The highest BCUT2D eigenvalue weighted by Crippen LogP contribution is 2.42. The second-order valence-electron chi connectivity index (χ2n) is 14.2. The van der Waals surface area contributed by atoms with E-state index >= 15 is 0 Å². The van der Waals surface area contributed by atoms with Gasteiger partial charge in [0.05, 0.1) is 5.39 Å². The van der Waals surface area contributed by atoms with E-state index < -0.39 is 0 Å². The van der Waals surface area contributed by atoms with Gasteiger partial charge in [-0.05, 0) is 85.6 Å². The van der Waals surface area contributed by atoms with Crippen molar-refractivity contribution in [3.8, 4) is 45.6 Å². The fourth-order valence-corrected chi connectivity index (χ4v) is 8.30. The van der Waals surface area contributed by atoms with Crippen molar-refractivity contribution in [2.24, 2.45) is 0 Å². The van der Waals surface area contributed by atoms with Gasteiger partial charge in [-0.3, -0.25) is 0 Å². The largest absolute Gasteiger partial charge is 0.456 e. The van der Waals surface area contributed by atoms with Gasteiger partial charge in [-0.1, -0.05) is 127 Å². The summed E-state index contributed by atoms with van der Waals surface area (Å²) in [5, 5.41) is 11.2.